The molecular weight excluding hydrogens is 184 g/mol. The lowest BCUT2D eigenvalue weighted by molar-refractivity contribution is 0.585. The zero-order valence-electron chi connectivity index (χ0n) is 10.0. The minimum absolute atomic E-state index is 0.509. The SMILES string of the molecule is CCc1cccc2c1N(C)C(C)C(C)N2. The second-order valence-electron chi connectivity index (χ2n) is 4.45. The van der Waals surface area contributed by atoms with E-state index in [1.807, 2.05) is 0 Å². The van der Waals surface area contributed by atoms with E-state index in [-0.39, 0.29) is 0 Å². The molecule has 2 heteroatoms. The van der Waals surface area contributed by atoms with Crippen LogP contribution < -0.4 is 10.2 Å². The van der Waals surface area contributed by atoms with Crippen LogP contribution in [0.2, 0.25) is 0 Å². The highest BCUT2D eigenvalue weighted by Gasteiger charge is 2.26. The van der Waals surface area contributed by atoms with Crippen molar-refractivity contribution in [3.8, 4) is 0 Å². The lowest BCUT2D eigenvalue weighted by atomic mass is 10.00. The number of nitrogens with one attached hydrogen (secondary N) is 1. The van der Waals surface area contributed by atoms with Crippen molar-refractivity contribution in [2.45, 2.75) is 39.3 Å². The van der Waals surface area contributed by atoms with Crippen LogP contribution in [0.3, 0.4) is 0 Å². The van der Waals surface area contributed by atoms with Crippen LogP contribution in [0.5, 0.6) is 0 Å². The fourth-order valence-electron chi connectivity index (χ4n) is 2.31. The van der Waals surface area contributed by atoms with Crippen molar-refractivity contribution < 1.29 is 0 Å². The van der Waals surface area contributed by atoms with Crippen molar-refractivity contribution in [2.75, 3.05) is 17.3 Å². The van der Waals surface area contributed by atoms with Crippen LogP contribution in [0.4, 0.5) is 11.4 Å². The van der Waals surface area contributed by atoms with Crippen LogP contribution in [-0.2, 0) is 6.42 Å². The van der Waals surface area contributed by atoms with Crippen LogP contribution >= 0.6 is 0 Å². The molecule has 1 N–H and O–H groups in total. The molecule has 0 aromatic heterocycles. The number of fused-ring (bicyclic) bond motifs is 1. The summed E-state index contributed by atoms with van der Waals surface area (Å²) < 4.78 is 0. The van der Waals surface area contributed by atoms with Crippen molar-refractivity contribution in [2.24, 2.45) is 0 Å². The van der Waals surface area contributed by atoms with E-state index in [4.69, 9.17) is 0 Å². The van der Waals surface area contributed by atoms with Gasteiger partial charge in [0.05, 0.1) is 11.4 Å². The highest BCUT2D eigenvalue weighted by atomic mass is 15.2. The van der Waals surface area contributed by atoms with Crippen LogP contribution in [0.15, 0.2) is 18.2 Å². The van der Waals surface area contributed by atoms with Gasteiger partial charge in [-0.25, -0.2) is 0 Å². The molecule has 0 spiro atoms. The monoisotopic (exact) mass is 204 g/mol. The maximum Gasteiger partial charge on any atom is 0.0635 e. The van der Waals surface area contributed by atoms with Crippen molar-refractivity contribution in [3.63, 3.8) is 0 Å². The average Bonchev–Trinajstić information content (AvgIpc) is 2.25. The number of hydrogen-bond acceptors (Lipinski definition) is 2. The standard InChI is InChI=1S/C13H20N2/c1-5-11-7-6-8-12-13(11)15(4)10(3)9(2)14-12/h6-10,14H,5H2,1-4H3. The molecule has 1 aliphatic rings. The second-order valence-corrected chi connectivity index (χ2v) is 4.45. The molecule has 1 aromatic rings. The number of likely N-dealkylation sites (N-methyl/N-ethyl adjacent to an activating group) is 1. The molecule has 15 heavy (non-hydrogen) atoms. The van der Waals surface area contributed by atoms with Crippen molar-refractivity contribution in [1.29, 1.82) is 0 Å². The fraction of sp³-hybridized carbons (Fsp3) is 0.538. The number of aryl methyl sites for hydroxylation is 1. The summed E-state index contributed by atoms with van der Waals surface area (Å²) in [6.45, 7) is 6.72. The highest BCUT2D eigenvalue weighted by Crippen LogP contribution is 2.35. The Labute approximate surface area is 92.3 Å². The molecule has 2 atom stereocenters. The highest BCUT2D eigenvalue weighted by molar-refractivity contribution is 5.76. The van der Waals surface area contributed by atoms with Crippen LogP contribution in [0.1, 0.15) is 26.3 Å². The van der Waals surface area contributed by atoms with E-state index in [2.05, 4.69) is 56.2 Å². The van der Waals surface area contributed by atoms with E-state index in [0.717, 1.165) is 6.42 Å². The van der Waals surface area contributed by atoms with Gasteiger partial charge in [-0.2, -0.15) is 0 Å². The third-order valence-corrected chi connectivity index (χ3v) is 3.57. The molecule has 82 valence electrons. The molecular formula is C13H20N2. The molecule has 1 aliphatic heterocycles. The first kappa shape index (κ1) is 10.3. The zero-order valence-corrected chi connectivity index (χ0v) is 10.0. The normalized spacial score (nSPS) is 24.7. The van der Waals surface area contributed by atoms with E-state index in [0.29, 0.717) is 12.1 Å². The lowest BCUT2D eigenvalue weighted by Crippen LogP contribution is -2.46. The maximum atomic E-state index is 3.57. The van der Waals surface area contributed by atoms with Gasteiger partial charge >= 0.3 is 0 Å². The number of anilines is 2. The molecule has 0 radical (unpaired) electrons. The van der Waals surface area contributed by atoms with Crippen LogP contribution in [0, 0.1) is 0 Å². The van der Waals surface area contributed by atoms with E-state index in [1.54, 1.807) is 0 Å². The van der Waals surface area contributed by atoms with Gasteiger partial charge in [0.15, 0.2) is 0 Å². The Morgan fingerprint density at radius 2 is 2.07 bits per heavy atom. The maximum absolute atomic E-state index is 3.57. The van der Waals surface area contributed by atoms with E-state index < -0.39 is 0 Å². The van der Waals surface area contributed by atoms with Gasteiger partial charge in [-0.3, -0.25) is 0 Å². The zero-order chi connectivity index (χ0) is 11.0. The average molecular weight is 204 g/mol. The molecule has 2 nitrogen and oxygen atoms in total. The molecule has 0 bridgehead atoms. The molecule has 0 saturated carbocycles. The van der Waals surface area contributed by atoms with Gasteiger partial charge in [0.25, 0.3) is 0 Å². The Morgan fingerprint density at radius 3 is 2.73 bits per heavy atom. The van der Waals surface area contributed by atoms with Gasteiger partial charge in [0, 0.05) is 19.1 Å². The topological polar surface area (TPSA) is 15.3 Å². The molecule has 1 aromatic carbocycles. The van der Waals surface area contributed by atoms with Gasteiger partial charge in [-0.1, -0.05) is 19.1 Å². The lowest BCUT2D eigenvalue weighted by Gasteiger charge is -2.40. The van der Waals surface area contributed by atoms with Gasteiger partial charge in [0.2, 0.25) is 0 Å². The van der Waals surface area contributed by atoms with Crippen molar-refractivity contribution in [1.82, 2.24) is 0 Å². The predicted octanol–water partition coefficient (Wildman–Crippen LogP) is 2.89. The molecule has 2 rings (SSSR count). The first-order chi connectivity index (χ1) is 7.15. The van der Waals surface area contributed by atoms with Gasteiger partial charge in [0.1, 0.15) is 0 Å². The molecule has 0 aliphatic carbocycles. The second kappa shape index (κ2) is 3.76. The van der Waals surface area contributed by atoms with E-state index in [1.165, 1.54) is 16.9 Å². The van der Waals surface area contributed by atoms with E-state index >= 15 is 0 Å². The molecule has 0 amide bonds. The van der Waals surface area contributed by atoms with Crippen LogP contribution in [-0.4, -0.2) is 19.1 Å². The van der Waals surface area contributed by atoms with E-state index in [9.17, 15) is 0 Å². The summed E-state index contributed by atoms with van der Waals surface area (Å²) in [5.41, 5.74) is 4.09. The predicted molar refractivity (Wildman–Crippen MR) is 66.8 cm³/mol. The third-order valence-electron chi connectivity index (χ3n) is 3.57. The Morgan fingerprint density at radius 1 is 1.33 bits per heavy atom. The summed E-state index contributed by atoms with van der Waals surface area (Å²) in [4.78, 5) is 2.40. The smallest absolute Gasteiger partial charge is 0.0635 e. The van der Waals surface area contributed by atoms with Crippen molar-refractivity contribution >= 4 is 11.4 Å². The number of hydrogen-bond donors (Lipinski definition) is 1. The Kier molecular flexibility index (Phi) is 2.59. The first-order valence-corrected chi connectivity index (χ1v) is 5.76. The van der Waals surface area contributed by atoms with Crippen LogP contribution in [0.25, 0.3) is 0 Å². The summed E-state index contributed by atoms with van der Waals surface area (Å²) >= 11 is 0. The Bertz CT molecular complexity index is 360. The summed E-state index contributed by atoms with van der Waals surface area (Å²) in [7, 11) is 2.19. The largest absolute Gasteiger partial charge is 0.379 e. The molecule has 0 saturated heterocycles. The van der Waals surface area contributed by atoms with Crippen molar-refractivity contribution in [3.05, 3.63) is 23.8 Å². The first-order valence-electron chi connectivity index (χ1n) is 5.76. The quantitative estimate of drug-likeness (QED) is 0.756. The van der Waals surface area contributed by atoms with Gasteiger partial charge in [-0.15, -0.1) is 0 Å². The minimum Gasteiger partial charge on any atom is -0.379 e. The molecule has 2 unspecified atom stereocenters. The Hall–Kier alpha value is -1.18. The number of para-hydroxylation sites is 1. The summed E-state index contributed by atoms with van der Waals surface area (Å²) in [5.74, 6) is 0. The number of benzene rings is 1. The summed E-state index contributed by atoms with van der Waals surface area (Å²) in [6, 6.07) is 7.59. The number of nitrogens with zero attached hydrogens (tertiary/aromatic N) is 1. The van der Waals surface area contributed by atoms with Gasteiger partial charge in [-0.05, 0) is 31.9 Å². The number of rotatable bonds is 1. The molecule has 1 heterocycles. The fourth-order valence-corrected chi connectivity index (χ4v) is 2.31. The minimum atomic E-state index is 0.509. The summed E-state index contributed by atoms with van der Waals surface area (Å²) in [5, 5.41) is 3.57. The molecule has 0 fully saturated rings. The Balaban J connectivity index is 2.50. The van der Waals surface area contributed by atoms with Gasteiger partial charge < -0.3 is 10.2 Å². The summed E-state index contributed by atoms with van der Waals surface area (Å²) in [6.07, 6.45) is 1.09. The third kappa shape index (κ3) is 1.58.